The Labute approximate surface area is 132 Å². The molecule has 4 heteroatoms. The third kappa shape index (κ3) is 2.65. The molecule has 0 atom stereocenters. The predicted molar refractivity (Wildman–Crippen MR) is 86.4 cm³/mol. The van der Waals surface area contributed by atoms with Gasteiger partial charge in [-0.1, -0.05) is 35.3 Å². The molecule has 2 nitrogen and oxygen atoms in total. The van der Waals surface area contributed by atoms with Crippen LogP contribution in [-0.4, -0.2) is 10.8 Å². The highest BCUT2D eigenvalue weighted by Crippen LogP contribution is 2.27. The topological polar surface area (TPSA) is 30.0 Å². The third-order valence-corrected chi connectivity index (χ3v) is 3.91. The van der Waals surface area contributed by atoms with Crippen molar-refractivity contribution >= 4 is 39.9 Å². The highest BCUT2D eigenvalue weighted by atomic mass is 35.5. The molecule has 0 bridgehead atoms. The molecule has 3 aromatic rings. The highest BCUT2D eigenvalue weighted by molar-refractivity contribution is 6.41. The van der Waals surface area contributed by atoms with Gasteiger partial charge in [0.1, 0.15) is 0 Å². The van der Waals surface area contributed by atoms with Gasteiger partial charge >= 0.3 is 0 Å². The first-order valence-electron chi connectivity index (χ1n) is 6.42. The van der Waals surface area contributed by atoms with Gasteiger partial charge in [-0.15, -0.1) is 0 Å². The van der Waals surface area contributed by atoms with E-state index in [2.05, 4.69) is 4.98 Å². The summed E-state index contributed by atoms with van der Waals surface area (Å²) in [6, 6.07) is 14.3. The van der Waals surface area contributed by atoms with Crippen molar-refractivity contribution in [3.05, 3.63) is 75.4 Å². The molecule has 0 aliphatic carbocycles. The first-order chi connectivity index (χ1) is 10.1. The molecule has 0 saturated carbocycles. The van der Waals surface area contributed by atoms with Gasteiger partial charge in [-0.05, 0) is 43.3 Å². The van der Waals surface area contributed by atoms with Crippen LogP contribution in [0.4, 0.5) is 0 Å². The standard InChI is InChI=1S/C17H11Cl2NO/c1-10-5-6-11-9-12(7-8-15(11)20-10)17(21)16-13(18)3-2-4-14(16)19/h2-9H,1H3. The Hall–Kier alpha value is -1.90. The van der Waals surface area contributed by atoms with E-state index in [4.69, 9.17) is 23.2 Å². The minimum atomic E-state index is -0.187. The number of rotatable bonds is 2. The predicted octanol–water partition coefficient (Wildman–Crippen LogP) is 5.08. The Balaban J connectivity index is 2.12. The molecule has 0 saturated heterocycles. The van der Waals surface area contributed by atoms with Crippen LogP contribution in [0.25, 0.3) is 10.9 Å². The molecular formula is C17H11Cl2NO. The Morgan fingerprint density at radius 3 is 2.43 bits per heavy atom. The number of aromatic nitrogens is 1. The normalized spacial score (nSPS) is 10.8. The van der Waals surface area contributed by atoms with Gasteiger partial charge in [0.2, 0.25) is 0 Å². The number of fused-ring (bicyclic) bond motifs is 1. The molecule has 0 aliphatic rings. The second-order valence-electron chi connectivity index (χ2n) is 4.79. The van der Waals surface area contributed by atoms with Crippen LogP contribution in [0.3, 0.4) is 0 Å². The second-order valence-corrected chi connectivity index (χ2v) is 5.60. The van der Waals surface area contributed by atoms with Crippen LogP contribution in [0, 0.1) is 6.92 Å². The van der Waals surface area contributed by atoms with E-state index in [1.807, 2.05) is 31.2 Å². The second kappa shape index (κ2) is 5.47. The molecule has 0 fully saturated rings. The van der Waals surface area contributed by atoms with Gasteiger partial charge in [-0.2, -0.15) is 0 Å². The van der Waals surface area contributed by atoms with Gasteiger partial charge in [0.15, 0.2) is 5.78 Å². The lowest BCUT2D eigenvalue weighted by Crippen LogP contribution is -2.03. The average Bonchev–Trinajstić information content (AvgIpc) is 2.46. The first kappa shape index (κ1) is 14.1. The lowest BCUT2D eigenvalue weighted by molar-refractivity contribution is 0.103. The maximum absolute atomic E-state index is 12.6. The van der Waals surface area contributed by atoms with Crippen molar-refractivity contribution in [1.29, 1.82) is 0 Å². The molecule has 1 heterocycles. The van der Waals surface area contributed by atoms with Gasteiger partial charge in [0, 0.05) is 16.6 Å². The molecule has 1 aromatic heterocycles. The Kier molecular flexibility index (Phi) is 3.66. The van der Waals surface area contributed by atoms with Crippen molar-refractivity contribution < 1.29 is 4.79 Å². The summed E-state index contributed by atoms with van der Waals surface area (Å²) in [6.45, 7) is 1.93. The van der Waals surface area contributed by atoms with E-state index in [-0.39, 0.29) is 5.78 Å². The summed E-state index contributed by atoms with van der Waals surface area (Å²) in [6.07, 6.45) is 0. The first-order valence-corrected chi connectivity index (χ1v) is 7.18. The lowest BCUT2D eigenvalue weighted by Gasteiger charge is -2.07. The fraction of sp³-hybridized carbons (Fsp3) is 0.0588. The van der Waals surface area contributed by atoms with E-state index in [0.717, 1.165) is 16.6 Å². The van der Waals surface area contributed by atoms with Crippen molar-refractivity contribution in [2.45, 2.75) is 6.92 Å². The molecule has 0 N–H and O–H groups in total. The van der Waals surface area contributed by atoms with Crippen LogP contribution >= 0.6 is 23.2 Å². The van der Waals surface area contributed by atoms with Gasteiger partial charge in [0.05, 0.1) is 21.1 Å². The zero-order valence-corrected chi connectivity index (χ0v) is 12.7. The zero-order valence-electron chi connectivity index (χ0n) is 11.2. The molecule has 21 heavy (non-hydrogen) atoms. The number of pyridine rings is 1. The van der Waals surface area contributed by atoms with Gasteiger partial charge in [-0.25, -0.2) is 0 Å². The van der Waals surface area contributed by atoms with E-state index >= 15 is 0 Å². The summed E-state index contributed by atoms with van der Waals surface area (Å²) in [5, 5.41) is 1.62. The molecule has 0 radical (unpaired) electrons. The van der Waals surface area contributed by atoms with Crippen LogP contribution in [0.15, 0.2) is 48.5 Å². The number of hydrogen-bond donors (Lipinski definition) is 0. The Bertz CT molecular complexity index is 838. The number of halogens is 2. The van der Waals surface area contributed by atoms with E-state index in [0.29, 0.717) is 21.2 Å². The third-order valence-electron chi connectivity index (χ3n) is 3.28. The molecule has 2 aromatic carbocycles. The Morgan fingerprint density at radius 1 is 1.00 bits per heavy atom. The average molecular weight is 316 g/mol. The van der Waals surface area contributed by atoms with Crippen LogP contribution < -0.4 is 0 Å². The fourth-order valence-corrected chi connectivity index (χ4v) is 2.80. The molecule has 104 valence electrons. The van der Waals surface area contributed by atoms with Crippen molar-refractivity contribution in [3.8, 4) is 0 Å². The quantitative estimate of drug-likeness (QED) is 0.617. The van der Waals surface area contributed by atoms with Crippen LogP contribution in [0.2, 0.25) is 10.0 Å². The highest BCUT2D eigenvalue weighted by Gasteiger charge is 2.16. The zero-order chi connectivity index (χ0) is 15.0. The number of benzene rings is 2. The molecule has 3 rings (SSSR count). The molecule has 0 spiro atoms. The van der Waals surface area contributed by atoms with Crippen LogP contribution in [-0.2, 0) is 0 Å². The summed E-state index contributed by atoms with van der Waals surface area (Å²) >= 11 is 12.2. The largest absolute Gasteiger partial charge is 0.288 e. The summed E-state index contributed by atoms with van der Waals surface area (Å²) in [7, 11) is 0. The summed E-state index contributed by atoms with van der Waals surface area (Å²) < 4.78 is 0. The maximum atomic E-state index is 12.6. The Morgan fingerprint density at radius 2 is 1.71 bits per heavy atom. The molecular weight excluding hydrogens is 305 g/mol. The number of hydrogen-bond acceptors (Lipinski definition) is 2. The van der Waals surface area contributed by atoms with Crippen molar-refractivity contribution in [1.82, 2.24) is 4.98 Å². The van der Waals surface area contributed by atoms with Gasteiger partial charge in [0.25, 0.3) is 0 Å². The lowest BCUT2D eigenvalue weighted by atomic mass is 10.0. The summed E-state index contributed by atoms with van der Waals surface area (Å²) in [5.41, 5.74) is 2.68. The number of carbonyl (C=O) groups excluding carboxylic acids is 1. The summed E-state index contributed by atoms with van der Waals surface area (Å²) in [4.78, 5) is 17.0. The number of ketones is 1. The molecule has 0 amide bonds. The molecule has 0 unspecified atom stereocenters. The number of aryl methyl sites for hydroxylation is 1. The smallest absolute Gasteiger partial charge is 0.196 e. The fourth-order valence-electron chi connectivity index (χ4n) is 2.23. The van der Waals surface area contributed by atoms with Crippen LogP contribution in [0.1, 0.15) is 21.6 Å². The minimum Gasteiger partial charge on any atom is -0.288 e. The monoisotopic (exact) mass is 315 g/mol. The molecule has 0 aliphatic heterocycles. The van der Waals surface area contributed by atoms with E-state index < -0.39 is 0 Å². The van der Waals surface area contributed by atoms with Gasteiger partial charge < -0.3 is 0 Å². The number of nitrogens with zero attached hydrogens (tertiary/aromatic N) is 1. The summed E-state index contributed by atoms with van der Waals surface area (Å²) in [5.74, 6) is -0.187. The van der Waals surface area contributed by atoms with E-state index in [1.54, 1.807) is 24.3 Å². The minimum absolute atomic E-state index is 0.187. The van der Waals surface area contributed by atoms with Crippen molar-refractivity contribution in [2.24, 2.45) is 0 Å². The van der Waals surface area contributed by atoms with Gasteiger partial charge in [-0.3, -0.25) is 9.78 Å². The van der Waals surface area contributed by atoms with Crippen molar-refractivity contribution in [3.63, 3.8) is 0 Å². The van der Waals surface area contributed by atoms with Crippen LogP contribution in [0.5, 0.6) is 0 Å². The van der Waals surface area contributed by atoms with Crippen molar-refractivity contribution in [2.75, 3.05) is 0 Å². The SMILES string of the molecule is Cc1ccc2cc(C(=O)c3c(Cl)cccc3Cl)ccc2n1. The van der Waals surface area contributed by atoms with E-state index in [1.165, 1.54) is 0 Å². The number of carbonyl (C=O) groups is 1. The maximum Gasteiger partial charge on any atom is 0.196 e. The van der Waals surface area contributed by atoms with E-state index in [9.17, 15) is 4.79 Å².